The van der Waals surface area contributed by atoms with Crippen molar-refractivity contribution in [3.05, 3.63) is 45.7 Å². The summed E-state index contributed by atoms with van der Waals surface area (Å²) in [5.41, 5.74) is 4.88. The van der Waals surface area contributed by atoms with Crippen LogP contribution in [0.2, 0.25) is 0 Å². The maximum absolute atomic E-state index is 4.82. The topological polar surface area (TPSA) is 37.8 Å². The lowest BCUT2D eigenvalue weighted by Crippen LogP contribution is -2.25. The van der Waals surface area contributed by atoms with Crippen molar-refractivity contribution in [2.45, 2.75) is 26.2 Å². The van der Waals surface area contributed by atoms with Crippen LogP contribution in [0.1, 0.15) is 23.2 Å². The first-order valence-corrected chi connectivity index (χ1v) is 8.22. The molecule has 1 aliphatic carbocycles. The third-order valence-electron chi connectivity index (χ3n) is 4.17. The number of rotatable bonds is 3. The normalized spacial score (nSPS) is 17.6. The molecule has 1 heterocycles. The molecule has 1 unspecified atom stereocenters. The number of hydrogen-bond donors (Lipinski definition) is 1. The van der Waals surface area contributed by atoms with Gasteiger partial charge < -0.3 is 5.32 Å². The number of fused-ring (bicyclic) bond motifs is 1. The van der Waals surface area contributed by atoms with E-state index >= 15 is 0 Å². The minimum Gasteiger partial charge on any atom is -0.319 e. The van der Waals surface area contributed by atoms with E-state index in [4.69, 9.17) is 4.98 Å². The molecule has 1 atom stereocenters. The average molecular weight is 346 g/mol. The fourth-order valence-corrected chi connectivity index (χ4v) is 3.53. The molecule has 3 nitrogen and oxygen atoms in total. The SMILES string of the molecule is CNCC1CCc2nc(-c3ccc(Br)cc3C)ncc2C1. The van der Waals surface area contributed by atoms with Crippen molar-refractivity contribution < 1.29 is 0 Å². The third kappa shape index (κ3) is 3.16. The van der Waals surface area contributed by atoms with Crippen LogP contribution in [-0.4, -0.2) is 23.6 Å². The highest BCUT2D eigenvalue weighted by molar-refractivity contribution is 9.10. The van der Waals surface area contributed by atoms with Crippen LogP contribution >= 0.6 is 15.9 Å². The number of halogens is 1. The Kier molecular flexibility index (Phi) is 4.36. The molecule has 1 aromatic heterocycles. The van der Waals surface area contributed by atoms with Crippen LogP contribution in [0.3, 0.4) is 0 Å². The summed E-state index contributed by atoms with van der Waals surface area (Å²) in [4.78, 5) is 9.42. The molecular weight excluding hydrogens is 326 g/mol. The first-order chi connectivity index (χ1) is 10.2. The highest BCUT2D eigenvalue weighted by Gasteiger charge is 2.20. The Bertz CT molecular complexity index is 654. The molecule has 1 aromatic carbocycles. The maximum Gasteiger partial charge on any atom is 0.159 e. The van der Waals surface area contributed by atoms with Gasteiger partial charge in [-0.1, -0.05) is 15.9 Å². The molecule has 3 rings (SSSR count). The quantitative estimate of drug-likeness (QED) is 0.924. The molecular formula is C17H20BrN3. The molecule has 0 spiro atoms. The summed E-state index contributed by atoms with van der Waals surface area (Å²) in [6.45, 7) is 3.18. The van der Waals surface area contributed by atoms with E-state index in [1.807, 2.05) is 19.3 Å². The molecule has 0 fully saturated rings. The number of hydrogen-bond acceptors (Lipinski definition) is 3. The second-order valence-electron chi connectivity index (χ2n) is 5.79. The van der Waals surface area contributed by atoms with E-state index in [1.54, 1.807) is 0 Å². The first kappa shape index (κ1) is 14.7. The second-order valence-corrected chi connectivity index (χ2v) is 6.71. The molecule has 21 heavy (non-hydrogen) atoms. The Balaban J connectivity index is 1.90. The lowest BCUT2D eigenvalue weighted by Gasteiger charge is -2.23. The Morgan fingerprint density at radius 2 is 2.24 bits per heavy atom. The molecule has 0 saturated heterocycles. The summed E-state index contributed by atoms with van der Waals surface area (Å²) in [7, 11) is 2.02. The van der Waals surface area contributed by atoms with Gasteiger partial charge in [0.25, 0.3) is 0 Å². The fourth-order valence-electron chi connectivity index (χ4n) is 3.05. The maximum atomic E-state index is 4.82. The zero-order chi connectivity index (χ0) is 14.8. The first-order valence-electron chi connectivity index (χ1n) is 7.43. The molecule has 4 heteroatoms. The number of nitrogens with one attached hydrogen (secondary N) is 1. The number of benzene rings is 1. The zero-order valence-corrected chi connectivity index (χ0v) is 14.1. The van der Waals surface area contributed by atoms with Gasteiger partial charge in [0.05, 0.1) is 0 Å². The monoisotopic (exact) mass is 345 g/mol. The fraction of sp³-hybridized carbons (Fsp3) is 0.412. The van der Waals surface area contributed by atoms with Gasteiger partial charge in [0, 0.05) is 21.9 Å². The van der Waals surface area contributed by atoms with Crippen molar-refractivity contribution in [1.82, 2.24) is 15.3 Å². The molecule has 0 aliphatic heterocycles. The van der Waals surface area contributed by atoms with Crippen molar-refractivity contribution in [2.75, 3.05) is 13.6 Å². The van der Waals surface area contributed by atoms with E-state index in [-0.39, 0.29) is 0 Å². The molecule has 1 aliphatic rings. The largest absolute Gasteiger partial charge is 0.319 e. The van der Waals surface area contributed by atoms with Crippen LogP contribution in [0, 0.1) is 12.8 Å². The minimum atomic E-state index is 0.714. The Labute approximate surface area is 134 Å². The van der Waals surface area contributed by atoms with E-state index in [2.05, 4.69) is 45.3 Å². The van der Waals surface area contributed by atoms with Crippen molar-refractivity contribution in [1.29, 1.82) is 0 Å². The van der Waals surface area contributed by atoms with Gasteiger partial charge in [-0.3, -0.25) is 0 Å². The van der Waals surface area contributed by atoms with Gasteiger partial charge in [-0.05, 0) is 75.0 Å². The summed E-state index contributed by atoms with van der Waals surface area (Å²) >= 11 is 3.50. The molecule has 110 valence electrons. The number of nitrogens with zero attached hydrogens (tertiary/aromatic N) is 2. The van der Waals surface area contributed by atoms with Crippen LogP contribution in [0.15, 0.2) is 28.9 Å². The van der Waals surface area contributed by atoms with Crippen LogP contribution in [0.5, 0.6) is 0 Å². The van der Waals surface area contributed by atoms with Gasteiger partial charge in [0.15, 0.2) is 5.82 Å². The number of aromatic nitrogens is 2. The lowest BCUT2D eigenvalue weighted by atomic mass is 9.87. The molecule has 2 aromatic rings. The smallest absolute Gasteiger partial charge is 0.159 e. The Morgan fingerprint density at radius 1 is 1.38 bits per heavy atom. The van der Waals surface area contributed by atoms with Crippen LogP contribution in [-0.2, 0) is 12.8 Å². The summed E-state index contributed by atoms with van der Waals surface area (Å²) < 4.78 is 1.09. The van der Waals surface area contributed by atoms with Gasteiger partial charge in [-0.2, -0.15) is 0 Å². The van der Waals surface area contributed by atoms with Crippen LogP contribution < -0.4 is 5.32 Å². The second kappa shape index (κ2) is 6.24. The zero-order valence-electron chi connectivity index (χ0n) is 12.5. The Hall–Kier alpha value is -1.26. The van der Waals surface area contributed by atoms with Crippen LogP contribution in [0.25, 0.3) is 11.4 Å². The van der Waals surface area contributed by atoms with E-state index in [9.17, 15) is 0 Å². The summed E-state index contributed by atoms with van der Waals surface area (Å²) in [5, 5.41) is 3.27. The lowest BCUT2D eigenvalue weighted by molar-refractivity contribution is 0.434. The predicted octanol–water partition coefficient (Wildman–Crippen LogP) is 3.54. The van der Waals surface area contributed by atoms with Crippen molar-refractivity contribution in [3.63, 3.8) is 0 Å². The molecule has 0 saturated carbocycles. The summed E-state index contributed by atoms with van der Waals surface area (Å²) in [6, 6.07) is 6.25. The number of aryl methyl sites for hydroxylation is 2. The molecule has 1 N–H and O–H groups in total. The van der Waals surface area contributed by atoms with Gasteiger partial charge in [-0.25, -0.2) is 9.97 Å². The third-order valence-corrected chi connectivity index (χ3v) is 4.67. The van der Waals surface area contributed by atoms with Gasteiger partial charge in [0.1, 0.15) is 0 Å². The molecule has 0 radical (unpaired) electrons. The minimum absolute atomic E-state index is 0.714. The summed E-state index contributed by atoms with van der Waals surface area (Å²) in [5.74, 6) is 1.57. The van der Waals surface area contributed by atoms with E-state index in [0.29, 0.717) is 5.92 Å². The van der Waals surface area contributed by atoms with E-state index in [1.165, 1.54) is 23.2 Å². The van der Waals surface area contributed by atoms with Crippen molar-refractivity contribution >= 4 is 15.9 Å². The summed E-state index contributed by atoms with van der Waals surface area (Å²) in [6.07, 6.45) is 5.40. The average Bonchev–Trinajstić information content (AvgIpc) is 2.47. The highest BCUT2D eigenvalue weighted by Crippen LogP contribution is 2.27. The highest BCUT2D eigenvalue weighted by atomic mass is 79.9. The predicted molar refractivity (Wildman–Crippen MR) is 89.3 cm³/mol. The van der Waals surface area contributed by atoms with Crippen molar-refractivity contribution in [3.8, 4) is 11.4 Å². The van der Waals surface area contributed by atoms with Gasteiger partial charge in [0.2, 0.25) is 0 Å². The van der Waals surface area contributed by atoms with Crippen molar-refractivity contribution in [2.24, 2.45) is 5.92 Å². The standard InChI is InChI=1S/C17H20BrN3/c1-11-7-14(18)4-5-15(11)17-20-10-13-8-12(9-19-2)3-6-16(13)21-17/h4-5,7,10,12,19H,3,6,8-9H2,1-2H3. The molecule has 0 amide bonds. The van der Waals surface area contributed by atoms with Gasteiger partial charge >= 0.3 is 0 Å². The van der Waals surface area contributed by atoms with E-state index < -0.39 is 0 Å². The molecule has 0 bridgehead atoms. The Morgan fingerprint density at radius 3 is 3.00 bits per heavy atom. The van der Waals surface area contributed by atoms with Gasteiger partial charge in [-0.15, -0.1) is 0 Å². The van der Waals surface area contributed by atoms with Crippen LogP contribution in [0.4, 0.5) is 0 Å². The van der Waals surface area contributed by atoms with E-state index in [0.717, 1.165) is 35.2 Å².